The lowest BCUT2D eigenvalue weighted by Crippen LogP contribution is -2.20. The Morgan fingerprint density at radius 1 is 1.35 bits per heavy atom. The van der Waals surface area contributed by atoms with Crippen LogP contribution in [0, 0.1) is 0 Å². The molecule has 1 rings (SSSR count). The number of rotatable bonds is 7. The Bertz CT molecular complexity index is 454. The van der Waals surface area contributed by atoms with Gasteiger partial charge in [0.25, 0.3) is 0 Å². The third-order valence-electron chi connectivity index (χ3n) is 2.67. The second-order valence-corrected chi connectivity index (χ2v) is 5.36. The molecule has 0 amide bonds. The summed E-state index contributed by atoms with van der Waals surface area (Å²) < 4.78 is 10.0. The Morgan fingerprint density at radius 3 is 2.60 bits per heavy atom. The largest absolute Gasteiger partial charge is 0.481 e. The number of methoxy groups -OCH3 is 2. The number of pyridine rings is 1. The summed E-state index contributed by atoms with van der Waals surface area (Å²) in [5.74, 6) is 1.01. The summed E-state index contributed by atoms with van der Waals surface area (Å²) in [7, 11) is 2.90. The third-order valence-corrected chi connectivity index (χ3v) is 3.52. The first-order valence-corrected chi connectivity index (χ1v) is 7.06. The molecule has 0 radical (unpaired) electrons. The molecule has 2 atom stereocenters. The predicted octanol–water partition coefficient (Wildman–Crippen LogP) is 1.16. The van der Waals surface area contributed by atoms with Crippen molar-refractivity contribution in [2.75, 3.05) is 20.0 Å². The fourth-order valence-corrected chi connectivity index (χ4v) is 2.27. The number of hydrogen-bond acceptors (Lipinski definition) is 7. The van der Waals surface area contributed by atoms with E-state index in [4.69, 9.17) is 9.47 Å². The van der Waals surface area contributed by atoms with Crippen molar-refractivity contribution in [3.8, 4) is 11.8 Å². The first kappa shape index (κ1) is 16.7. The molecule has 1 aromatic heterocycles. The summed E-state index contributed by atoms with van der Waals surface area (Å²) in [6.07, 6.45) is -1.83. The van der Waals surface area contributed by atoms with Crippen molar-refractivity contribution in [1.29, 1.82) is 0 Å². The number of thioether (sulfide) groups is 1. The maximum Gasteiger partial charge on any atom is 0.222 e. The van der Waals surface area contributed by atoms with Crippen LogP contribution in [0.25, 0.3) is 0 Å². The van der Waals surface area contributed by atoms with Crippen LogP contribution in [0.3, 0.4) is 0 Å². The highest BCUT2D eigenvalue weighted by atomic mass is 32.2. The van der Waals surface area contributed by atoms with Crippen LogP contribution in [0.5, 0.6) is 11.8 Å². The Hall–Kier alpha value is -1.31. The highest BCUT2D eigenvalue weighted by molar-refractivity contribution is 8.13. The van der Waals surface area contributed by atoms with E-state index in [0.717, 1.165) is 11.8 Å². The molecule has 6 nitrogen and oxygen atoms in total. The molecule has 7 heteroatoms. The van der Waals surface area contributed by atoms with Gasteiger partial charge in [-0.2, -0.15) is 4.98 Å². The molecular weight excluding hydrogens is 282 g/mol. The molecule has 1 aromatic rings. The van der Waals surface area contributed by atoms with Crippen LogP contribution in [0.15, 0.2) is 12.1 Å². The molecule has 0 fully saturated rings. The minimum atomic E-state index is -1.13. The van der Waals surface area contributed by atoms with Gasteiger partial charge in [0.05, 0.1) is 20.3 Å². The van der Waals surface area contributed by atoms with Gasteiger partial charge < -0.3 is 19.7 Å². The van der Waals surface area contributed by atoms with Gasteiger partial charge in [-0.3, -0.25) is 4.79 Å². The molecule has 1 heterocycles. The average molecular weight is 301 g/mol. The lowest BCUT2D eigenvalue weighted by molar-refractivity contribution is -0.109. The summed E-state index contributed by atoms with van der Waals surface area (Å²) in [5.41, 5.74) is 0.383. The van der Waals surface area contributed by atoms with Crippen molar-refractivity contribution in [2.24, 2.45) is 0 Å². The molecule has 0 saturated heterocycles. The molecule has 0 aromatic carbocycles. The third kappa shape index (κ3) is 4.66. The van der Waals surface area contributed by atoms with Crippen LogP contribution in [-0.2, 0) is 4.79 Å². The minimum Gasteiger partial charge on any atom is -0.481 e. The highest BCUT2D eigenvalue weighted by Gasteiger charge is 2.23. The summed E-state index contributed by atoms with van der Waals surface area (Å²) >= 11 is 1.11. The number of hydrogen-bond donors (Lipinski definition) is 2. The van der Waals surface area contributed by atoms with Crippen molar-refractivity contribution in [2.45, 2.75) is 25.6 Å². The summed E-state index contributed by atoms with van der Waals surface area (Å²) in [6, 6.07) is 3.18. The van der Waals surface area contributed by atoms with Gasteiger partial charge in [0.1, 0.15) is 6.10 Å². The smallest absolute Gasteiger partial charge is 0.222 e. The first-order valence-electron chi connectivity index (χ1n) is 6.08. The molecular formula is C13H19NO5S. The fraction of sp³-hybridized carbons (Fsp3) is 0.538. The maximum absolute atomic E-state index is 10.8. The van der Waals surface area contributed by atoms with E-state index in [-0.39, 0.29) is 11.0 Å². The van der Waals surface area contributed by atoms with E-state index in [0.29, 0.717) is 23.6 Å². The predicted molar refractivity (Wildman–Crippen MR) is 76.1 cm³/mol. The standard InChI is InChI=1S/C13H19NO5S/c1-8(15)20-7-6-10(16)12(17)9-4-5-11(18-2)14-13(9)19-3/h4-5,10,12,16-17H,6-7H2,1-3H3. The van der Waals surface area contributed by atoms with Crippen molar-refractivity contribution >= 4 is 16.9 Å². The highest BCUT2D eigenvalue weighted by Crippen LogP contribution is 2.29. The molecule has 112 valence electrons. The zero-order chi connectivity index (χ0) is 15.1. The minimum absolute atomic E-state index is 0.0182. The molecule has 0 saturated carbocycles. The fourth-order valence-electron chi connectivity index (χ4n) is 1.63. The lowest BCUT2D eigenvalue weighted by atomic mass is 10.0. The zero-order valence-electron chi connectivity index (χ0n) is 11.7. The quantitative estimate of drug-likeness (QED) is 0.781. The molecule has 0 aliphatic heterocycles. The van der Waals surface area contributed by atoms with Gasteiger partial charge in [0, 0.05) is 24.3 Å². The molecule has 2 N–H and O–H groups in total. The van der Waals surface area contributed by atoms with E-state index in [9.17, 15) is 15.0 Å². The number of carbonyl (C=O) groups is 1. The number of carbonyl (C=O) groups excluding carboxylic acids is 1. The Morgan fingerprint density at radius 2 is 2.05 bits per heavy atom. The van der Waals surface area contributed by atoms with Crippen LogP contribution >= 0.6 is 11.8 Å². The monoisotopic (exact) mass is 301 g/mol. The van der Waals surface area contributed by atoms with Gasteiger partial charge in [-0.1, -0.05) is 11.8 Å². The Kier molecular flexibility index (Phi) is 6.77. The average Bonchev–Trinajstić information content (AvgIpc) is 2.45. The SMILES string of the molecule is COc1ccc(C(O)C(O)CCSC(C)=O)c(OC)n1. The van der Waals surface area contributed by atoms with Crippen molar-refractivity contribution < 1.29 is 24.5 Å². The number of aliphatic hydroxyl groups excluding tert-OH is 2. The summed E-state index contributed by atoms with van der Waals surface area (Å²) in [4.78, 5) is 14.9. The molecule has 0 aliphatic rings. The molecule has 20 heavy (non-hydrogen) atoms. The van der Waals surface area contributed by atoms with E-state index in [2.05, 4.69) is 4.98 Å². The molecule has 2 unspecified atom stereocenters. The van der Waals surface area contributed by atoms with Crippen LogP contribution < -0.4 is 9.47 Å². The van der Waals surface area contributed by atoms with Crippen LogP contribution in [0.1, 0.15) is 25.0 Å². The first-order chi connectivity index (χ1) is 9.49. The van der Waals surface area contributed by atoms with Gasteiger partial charge in [-0.05, 0) is 12.5 Å². The number of ether oxygens (including phenoxy) is 2. The second-order valence-electron chi connectivity index (χ2n) is 4.09. The number of aliphatic hydroxyl groups is 2. The van der Waals surface area contributed by atoms with Gasteiger partial charge >= 0.3 is 0 Å². The topological polar surface area (TPSA) is 88.9 Å². The summed E-state index contributed by atoms with van der Waals surface area (Å²) in [6.45, 7) is 1.46. The zero-order valence-corrected chi connectivity index (χ0v) is 12.5. The molecule has 0 aliphatic carbocycles. The Labute approximate surface area is 122 Å². The second kappa shape index (κ2) is 8.08. The lowest BCUT2D eigenvalue weighted by Gasteiger charge is -2.19. The molecule has 0 bridgehead atoms. The van der Waals surface area contributed by atoms with Crippen molar-refractivity contribution in [3.05, 3.63) is 17.7 Å². The summed E-state index contributed by atoms with van der Waals surface area (Å²) in [5, 5.41) is 20.0. The van der Waals surface area contributed by atoms with Gasteiger partial charge in [0.2, 0.25) is 11.8 Å². The van der Waals surface area contributed by atoms with Crippen LogP contribution in [-0.4, -0.2) is 46.4 Å². The van der Waals surface area contributed by atoms with Crippen LogP contribution in [0.4, 0.5) is 0 Å². The van der Waals surface area contributed by atoms with E-state index >= 15 is 0 Å². The van der Waals surface area contributed by atoms with Crippen molar-refractivity contribution in [3.63, 3.8) is 0 Å². The molecule has 0 spiro atoms. The Balaban J connectivity index is 2.74. The van der Waals surface area contributed by atoms with Gasteiger partial charge in [-0.25, -0.2) is 0 Å². The van der Waals surface area contributed by atoms with Gasteiger partial charge in [0.15, 0.2) is 5.12 Å². The van der Waals surface area contributed by atoms with Crippen molar-refractivity contribution in [1.82, 2.24) is 4.98 Å². The maximum atomic E-state index is 10.8. The van der Waals surface area contributed by atoms with E-state index in [1.165, 1.54) is 21.1 Å². The van der Waals surface area contributed by atoms with Crippen LogP contribution in [0.2, 0.25) is 0 Å². The van der Waals surface area contributed by atoms with E-state index in [1.54, 1.807) is 12.1 Å². The number of nitrogens with zero attached hydrogens (tertiary/aromatic N) is 1. The van der Waals surface area contributed by atoms with Gasteiger partial charge in [-0.15, -0.1) is 0 Å². The van der Waals surface area contributed by atoms with E-state index in [1.807, 2.05) is 0 Å². The normalized spacial score (nSPS) is 13.7. The van der Waals surface area contributed by atoms with E-state index < -0.39 is 12.2 Å². The number of aromatic nitrogens is 1.